The van der Waals surface area contributed by atoms with Gasteiger partial charge in [0.25, 0.3) is 0 Å². The van der Waals surface area contributed by atoms with Gasteiger partial charge in [-0.25, -0.2) is 4.98 Å². The number of hydrogen-bond donors (Lipinski definition) is 0. The lowest BCUT2D eigenvalue weighted by molar-refractivity contribution is 0.287. The number of hydrogen-bond acceptors (Lipinski definition) is 3. The van der Waals surface area contributed by atoms with Crippen LogP contribution in [0.4, 0.5) is 0 Å². The summed E-state index contributed by atoms with van der Waals surface area (Å²) in [4.78, 5) is 6.97. The van der Waals surface area contributed by atoms with Gasteiger partial charge in [-0.2, -0.15) is 0 Å². The van der Waals surface area contributed by atoms with Crippen molar-refractivity contribution < 1.29 is 0 Å². The van der Waals surface area contributed by atoms with Gasteiger partial charge in [0.05, 0.1) is 16.6 Å². The molecule has 0 aliphatic rings. The molecule has 0 amide bonds. The molecule has 0 N–H and O–H groups in total. The van der Waals surface area contributed by atoms with E-state index in [2.05, 4.69) is 29.1 Å². The van der Waals surface area contributed by atoms with Gasteiger partial charge in [0.15, 0.2) is 0 Å². The van der Waals surface area contributed by atoms with Crippen molar-refractivity contribution in [2.24, 2.45) is 0 Å². The molecule has 4 heteroatoms. The van der Waals surface area contributed by atoms with E-state index in [4.69, 9.17) is 11.6 Å². The zero-order valence-electron chi connectivity index (χ0n) is 10.2. The van der Waals surface area contributed by atoms with Gasteiger partial charge in [0, 0.05) is 18.3 Å². The average Bonchev–Trinajstić information content (AvgIpc) is 2.77. The molecule has 1 aromatic rings. The number of unbranched alkanes of at least 4 members (excludes halogenated alkanes) is 1. The molecule has 0 bridgehead atoms. The van der Waals surface area contributed by atoms with Gasteiger partial charge >= 0.3 is 0 Å². The second-order valence-electron chi connectivity index (χ2n) is 3.90. The van der Waals surface area contributed by atoms with Crippen LogP contribution in [0.15, 0.2) is 5.38 Å². The quantitative estimate of drug-likeness (QED) is 0.665. The molecule has 0 atom stereocenters. The van der Waals surface area contributed by atoms with Crippen molar-refractivity contribution in [3.8, 4) is 0 Å². The van der Waals surface area contributed by atoms with Crippen molar-refractivity contribution in [2.75, 3.05) is 19.6 Å². The zero-order chi connectivity index (χ0) is 11.8. The van der Waals surface area contributed by atoms with Gasteiger partial charge in [0.1, 0.15) is 0 Å². The predicted molar refractivity (Wildman–Crippen MR) is 72.4 cm³/mol. The number of thiazole rings is 1. The highest BCUT2D eigenvalue weighted by Gasteiger charge is 2.05. The van der Waals surface area contributed by atoms with E-state index in [-0.39, 0.29) is 0 Å². The lowest BCUT2D eigenvalue weighted by atomic mass is 10.3. The van der Waals surface area contributed by atoms with Gasteiger partial charge in [-0.15, -0.1) is 22.9 Å². The van der Waals surface area contributed by atoms with E-state index in [1.807, 2.05) is 0 Å². The molecule has 0 unspecified atom stereocenters. The standard InChI is InChI=1S/C12H21ClN2S/c1-3-5-7-15(4-2)8-6-12-14-11(9-13)10-16-12/h10H,3-9H2,1-2H3. The Morgan fingerprint density at radius 3 is 2.75 bits per heavy atom. The summed E-state index contributed by atoms with van der Waals surface area (Å²) >= 11 is 7.46. The Labute approximate surface area is 108 Å². The van der Waals surface area contributed by atoms with E-state index in [1.165, 1.54) is 24.4 Å². The fraction of sp³-hybridized carbons (Fsp3) is 0.750. The number of rotatable bonds is 8. The minimum atomic E-state index is 0.532. The lowest BCUT2D eigenvalue weighted by Gasteiger charge is -2.19. The normalized spacial score (nSPS) is 11.2. The molecule has 1 heterocycles. The second-order valence-corrected chi connectivity index (χ2v) is 5.11. The summed E-state index contributed by atoms with van der Waals surface area (Å²) in [6.45, 7) is 7.92. The second kappa shape index (κ2) is 8.04. The first-order chi connectivity index (χ1) is 7.80. The summed E-state index contributed by atoms with van der Waals surface area (Å²) < 4.78 is 0. The minimum absolute atomic E-state index is 0.532. The van der Waals surface area contributed by atoms with Crippen LogP contribution in [0.3, 0.4) is 0 Å². The van der Waals surface area contributed by atoms with Crippen LogP contribution in [-0.2, 0) is 12.3 Å². The molecule has 1 aromatic heterocycles. The van der Waals surface area contributed by atoms with Crippen molar-refractivity contribution >= 4 is 22.9 Å². The number of aromatic nitrogens is 1. The van der Waals surface area contributed by atoms with Crippen molar-refractivity contribution in [2.45, 2.75) is 39.0 Å². The molecule has 0 aliphatic heterocycles. The maximum atomic E-state index is 5.73. The molecular formula is C12H21ClN2S. The number of nitrogens with zero attached hydrogens (tertiary/aromatic N) is 2. The van der Waals surface area contributed by atoms with Crippen molar-refractivity contribution in [1.29, 1.82) is 0 Å². The van der Waals surface area contributed by atoms with Crippen LogP contribution in [0.5, 0.6) is 0 Å². The number of alkyl halides is 1. The zero-order valence-corrected chi connectivity index (χ0v) is 11.8. The maximum absolute atomic E-state index is 5.73. The highest BCUT2D eigenvalue weighted by atomic mass is 35.5. The SMILES string of the molecule is CCCCN(CC)CCc1nc(CCl)cs1. The van der Waals surface area contributed by atoms with Gasteiger partial charge in [-0.3, -0.25) is 0 Å². The summed E-state index contributed by atoms with van der Waals surface area (Å²) in [5.41, 5.74) is 1.01. The van der Waals surface area contributed by atoms with E-state index in [1.54, 1.807) is 11.3 Å². The van der Waals surface area contributed by atoms with Gasteiger partial charge in [-0.1, -0.05) is 20.3 Å². The predicted octanol–water partition coefficient (Wildman–Crippen LogP) is 3.55. The van der Waals surface area contributed by atoms with Crippen LogP contribution in [0.2, 0.25) is 0 Å². The molecule has 1 rings (SSSR count). The van der Waals surface area contributed by atoms with Crippen molar-refractivity contribution in [3.05, 3.63) is 16.1 Å². The van der Waals surface area contributed by atoms with Crippen molar-refractivity contribution in [3.63, 3.8) is 0 Å². The molecule has 2 nitrogen and oxygen atoms in total. The smallest absolute Gasteiger partial charge is 0.0941 e. The average molecular weight is 261 g/mol. The van der Waals surface area contributed by atoms with Gasteiger partial charge in [0.2, 0.25) is 0 Å². The highest BCUT2D eigenvalue weighted by Crippen LogP contribution is 2.12. The fourth-order valence-corrected chi connectivity index (χ4v) is 2.60. The molecule has 92 valence electrons. The van der Waals surface area contributed by atoms with E-state index >= 15 is 0 Å². The van der Waals surface area contributed by atoms with Crippen LogP contribution >= 0.6 is 22.9 Å². The third kappa shape index (κ3) is 4.81. The van der Waals surface area contributed by atoms with Crippen LogP contribution in [0.1, 0.15) is 37.4 Å². The highest BCUT2D eigenvalue weighted by molar-refractivity contribution is 7.09. The molecular weight excluding hydrogens is 240 g/mol. The Balaban J connectivity index is 2.31. The van der Waals surface area contributed by atoms with Crippen LogP contribution in [0, 0.1) is 0 Å². The molecule has 0 aromatic carbocycles. The summed E-state index contributed by atoms with van der Waals surface area (Å²) in [5, 5.41) is 3.27. The summed E-state index contributed by atoms with van der Waals surface area (Å²) in [6, 6.07) is 0. The third-order valence-corrected chi connectivity index (χ3v) is 3.88. The Morgan fingerprint density at radius 1 is 1.38 bits per heavy atom. The summed E-state index contributed by atoms with van der Waals surface area (Å²) in [5.74, 6) is 0.532. The van der Waals surface area contributed by atoms with Gasteiger partial charge < -0.3 is 4.90 Å². The molecule has 0 saturated carbocycles. The van der Waals surface area contributed by atoms with Crippen LogP contribution in [-0.4, -0.2) is 29.5 Å². The third-order valence-electron chi connectivity index (χ3n) is 2.65. The van der Waals surface area contributed by atoms with E-state index in [0.29, 0.717) is 5.88 Å². The summed E-state index contributed by atoms with van der Waals surface area (Å²) in [7, 11) is 0. The van der Waals surface area contributed by atoms with E-state index in [0.717, 1.165) is 25.2 Å². The van der Waals surface area contributed by atoms with Crippen LogP contribution in [0.25, 0.3) is 0 Å². The topological polar surface area (TPSA) is 16.1 Å². The first-order valence-corrected chi connectivity index (χ1v) is 7.43. The minimum Gasteiger partial charge on any atom is -0.303 e. The first-order valence-electron chi connectivity index (χ1n) is 6.01. The Morgan fingerprint density at radius 2 is 2.19 bits per heavy atom. The monoisotopic (exact) mass is 260 g/mol. The number of likely N-dealkylation sites (N-methyl/N-ethyl adjacent to an activating group) is 1. The molecule has 0 aliphatic carbocycles. The van der Waals surface area contributed by atoms with Crippen molar-refractivity contribution in [1.82, 2.24) is 9.88 Å². The molecule has 0 fully saturated rings. The fourth-order valence-electron chi connectivity index (χ4n) is 1.59. The molecule has 0 saturated heterocycles. The molecule has 0 spiro atoms. The van der Waals surface area contributed by atoms with E-state index in [9.17, 15) is 0 Å². The molecule has 16 heavy (non-hydrogen) atoms. The van der Waals surface area contributed by atoms with Crippen LogP contribution < -0.4 is 0 Å². The van der Waals surface area contributed by atoms with E-state index < -0.39 is 0 Å². The lowest BCUT2D eigenvalue weighted by Crippen LogP contribution is -2.26. The first kappa shape index (κ1) is 13.9. The Hall–Kier alpha value is -0.120. The maximum Gasteiger partial charge on any atom is 0.0941 e. The Kier molecular flexibility index (Phi) is 7.01. The van der Waals surface area contributed by atoms with Gasteiger partial charge in [-0.05, 0) is 19.5 Å². The summed E-state index contributed by atoms with van der Waals surface area (Å²) in [6.07, 6.45) is 3.61. The Bertz CT molecular complexity index is 288. The number of halogens is 1. The molecule has 0 radical (unpaired) electrons. The largest absolute Gasteiger partial charge is 0.303 e.